The Labute approximate surface area is 168 Å². The minimum absolute atomic E-state index is 0. The van der Waals surface area contributed by atoms with Crippen LogP contribution in [0.4, 0.5) is 0 Å². The van der Waals surface area contributed by atoms with Gasteiger partial charge in [0, 0.05) is 32.7 Å². The Morgan fingerprint density at radius 1 is 0.652 bits per heavy atom. The first-order valence-electron chi connectivity index (χ1n) is 5.46. The molecule has 0 radical (unpaired) electrons. The van der Waals surface area contributed by atoms with E-state index in [4.69, 9.17) is 5.11 Å². The quantitative estimate of drug-likeness (QED) is 0.362. The molecule has 0 atom stereocenters. The van der Waals surface area contributed by atoms with Crippen LogP contribution in [0, 0.1) is 0 Å². The van der Waals surface area contributed by atoms with Crippen LogP contribution in [0.2, 0.25) is 0 Å². The fourth-order valence-electron chi connectivity index (χ4n) is 1.45. The van der Waals surface area contributed by atoms with E-state index in [-0.39, 0.29) is 69.7 Å². The molecule has 10 nitrogen and oxygen atoms in total. The summed E-state index contributed by atoms with van der Waals surface area (Å²) < 4.78 is 0. The van der Waals surface area contributed by atoms with Crippen LogP contribution in [-0.2, 0) is 19.2 Å². The first-order chi connectivity index (χ1) is 9.20. The van der Waals surface area contributed by atoms with Crippen molar-refractivity contribution in [3.8, 4) is 0 Å². The van der Waals surface area contributed by atoms with Gasteiger partial charge in [-0.2, -0.15) is 0 Å². The molecular weight excluding hydrogens is 297 g/mol. The van der Waals surface area contributed by atoms with Crippen LogP contribution in [-0.4, -0.2) is 78.1 Å². The van der Waals surface area contributed by atoms with E-state index < -0.39 is 50.1 Å². The summed E-state index contributed by atoms with van der Waals surface area (Å²) in [5.41, 5.74) is 0. The van der Waals surface area contributed by atoms with Crippen LogP contribution in [0.15, 0.2) is 0 Å². The Hall–Kier alpha value is -0.408. The predicted molar refractivity (Wildman–Crippen MR) is 55.5 cm³/mol. The van der Waals surface area contributed by atoms with Gasteiger partial charge in [-0.25, -0.2) is 0 Å². The molecule has 0 fully saturated rings. The third-order valence-electron chi connectivity index (χ3n) is 2.15. The molecular formula is C10H13Li3N2O8. The fraction of sp³-hybridized carbons (Fsp3) is 0.600. The van der Waals surface area contributed by atoms with Gasteiger partial charge in [-0.3, -0.25) is 14.6 Å². The number of carboxylic acid groups (broad SMARTS) is 4. The van der Waals surface area contributed by atoms with Gasteiger partial charge >= 0.3 is 62.6 Å². The molecule has 0 amide bonds. The van der Waals surface area contributed by atoms with Gasteiger partial charge in [0.05, 0.1) is 24.5 Å². The normalized spacial score (nSPS) is 9.30. The summed E-state index contributed by atoms with van der Waals surface area (Å²) >= 11 is 0. The van der Waals surface area contributed by atoms with Crippen molar-refractivity contribution in [2.24, 2.45) is 0 Å². The Balaban J connectivity index is -0.000000602. The maximum Gasteiger partial charge on any atom is 1.00 e. The van der Waals surface area contributed by atoms with Gasteiger partial charge in [0.15, 0.2) is 0 Å². The molecule has 0 aromatic heterocycles. The number of hydrogen-bond donors (Lipinski definition) is 1. The van der Waals surface area contributed by atoms with Crippen LogP contribution in [0.1, 0.15) is 0 Å². The molecule has 13 heteroatoms. The molecule has 1 N–H and O–H groups in total. The number of aliphatic carboxylic acids is 4. The zero-order chi connectivity index (χ0) is 15.7. The van der Waals surface area contributed by atoms with Gasteiger partial charge < -0.3 is 34.8 Å². The van der Waals surface area contributed by atoms with Crippen molar-refractivity contribution in [1.82, 2.24) is 9.80 Å². The number of nitrogens with zero attached hydrogens (tertiary/aromatic N) is 2. The SMILES string of the molecule is O=C([O-])CN(CCN(CC(=O)[O-])CC(=O)O)CC(=O)[O-].[Li+].[Li+].[Li+]. The maximum atomic E-state index is 10.5. The second-order valence-electron chi connectivity index (χ2n) is 3.93. The Morgan fingerprint density at radius 2 is 0.913 bits per heavy atom. The zero-order valence-corrected chi connectivity index (χ0v) is 13.4. The molecule has 0 aliphatic heterocycles. The summed E-state index contributed by atoms with van der Waals surface area (Å²) in [6, 6.07) is 0. The zero-order valence-electron chi connectivity index (χ0n) is 13.4. The summed E-state index contributed by atoms with van der Waals surface area (Å²) in [4.78, 5) is 43.7. The molecule has 0 heterocycles. The molecule has 0 unspecified atom stereocenters. The summed E-state index contributed by atoms with van der Waals surface area (Å²) in [5, 5.41) is 39.8. The number of carbonyl (C=O) groups is 4. The minimum Gasteiger partial charge on any atom is -0.549 e. The smallest absolute Gasteiger partial charge is 0.549 e. The molecule has 0 spiro atoms. The standard InChI is InChI=1S/C10H16N2O8.3Li/c13-7(14)3-11(4-8(15)16)1-2-12(5-9(17)18)6-10(19)20;;;/h1-6H2,(H,13,14)(H,15,16)(H,17,18)(H,19,20);;;/q;3*+1/p-3. The molecule has 0 bridgehead atoms. The largest absolute Gasteiger partial charge is 1.00 e. The maximum absolute atomic E-state index is 10.5. The molecule has 0 aromatic carbocycles. The molecule has 0 rings (SSSR count). The van der Waals surface area contributed by atoms with Crippen LogP contribution >= 0.6 is 0 Å². The summed E-state index contributed by atoms with van der Waals surface area (Å²) in [5.74, 6) is -5.82. The number of hydrogen-bond acceptors (Lipinski definition) is 9. The third-order valence-corrected chi connectivity index (χ3v) is 2.15. The third kappa shape index (κ3) is 19.5. The topological polar surface area (TPSA) is 164 Å². The summed E-state index contributed by atoms with van der Waals surface area (Å²) in [7, 11) is 0. The average molecular weight is 310 g/mol. The van der Waals surface area contributed by atoms with Crippen LogP contribution < -0.4 is 71.9 Å². The van der Waals surface area contributed by atoms with E-state index in [0.29, 0.717) is 0 Å². The van der Waals surface area contributed by atoms with Crippen molar-refractivity contribution in [3.63, 3.8) is 0 Å². The van der Waals surface area contributed by atoms with E-state index in [1.807, 2.05) is 0 Å². The van der Waals surface area contributed by atoms with E-state index in [1.54, 1.807) is 0 Å². The Bertz CT molecular complexity index is 328. The minimum atomic E-state index is -1.52. The van der Waals surface area contributed by atoms with Crippen molar-refractivity contribution in [3.05, 3.63) is 0 Å². The monoisotopic (exact) mass is 310 g/mol. The van der Waals surface area contributed by atoms with Gasteiger partial charge in [-0.1, -0.05) is 0 Å². The molecule has 0 aromatic rings. The summed E-state index contributed by atoms with van der Waals surface area (Å²) in [6.07, 6.45) is 0. The second kappa shape index (κ2) is 16.4. The van der Waals surface area contributed by atoms with Gasteiger partial charge in [0.25, 0.3) is 0 Å². The van der Waals surface area contributed by atoms with Crippen LogP contribution in [0.3, 0.4) is 0 Å². The number of rotatable bonds is 11. The molecule has 23 heavy (non-hydrogen) atoms. The first-order valence-corrected chi connectivity index (χ1v) is 5.46. The second-order valence-corrected chi connectivity index (χ2v) is 3.93. The van der Waals surface area contributed by atoms with E-state index in [9.17, 15) is 34.5 Å². The van der Waals surface area contributed by atoms with Gasteiger partial charge in [0.2, 0.25) is 0 Å². The van der Waals surface area contributed by atoms with Crippen molar-refractivity contribution >= 4 is 23.9 Å². The Kier molecular flexibility index (Phi) is 21.8. The number of carbonyl (C=O) groups excluding carboxylic acids is 3. The summed E-state index contributed by atoms with van der Waals surface area (Å²) in [6.45, 7) is -3.00. The van der Waals surface area contributed by atoms with Gasteiger partial charge in [0.1, 0.15) is 0 Å². The first kappa shape index (κ1) is 30.5. The predicted octanol–water partition coefficient (Wildman–Crippen LogP) is -15.1. The van der Waals surface area contributed by atoms with Crippen molar-refractivity contribution < 1.29 is 96.2 Å². The van der Waals surface area contributed by atoms with Crippen molar-refractivity contribution in [2.75, 3.05) is 39.3 Å². The van der Waals surface area contributed by atoms with Crippen molar-refractivity contribution in [2.45, 2.75) is 0 Å². The van der Waals surface area contributed by atoms with E-state index in [0.717, 1.165) is 9.80 Å². The molecule has 0 aliphatic carbocycles. The molecule has 0 saturated heterocycles. The Morgan fingerprint density at radius 3 is 1.13 bits per heavy atom. The fourth-order valence-corrected chi connectivity index (χ4v) is 1.45. The van der Waals surface area contributed by atoms with Crippen LogP contribution in [0.5, 0.6) is 0 Å². The molecule has 0 aliphatic rings. The van der Waals surface area contributed by atoms with E-state index >= 15 is 0 Å². The van der Waals surface area contributed by atoms with E-state index in [1.165, 1.54) is 0 Å². The van der Waals surface area contributed by atoms with E-state index in [2.05, 4.69) is 0 Å². The van der Waals surface area contributed by atoms with Crippen LogP contribution in [0.25, 0.3) is 0 Å². The molecule has 114 valence electrons. The van der Waals surface area contributed by atoms with Crippen molar-refractivity contribution in [1.29, 1.82) is 0 Å². The average Bonchev–Trinajstić information content (AvgIpc) is 2.22. The van der Waals surface area contributed by atoms with Gasteiger partial charge in [-0.15, -0.1) is 0 Å². The number of carboxylic acids is 4. The van der Waals surface area contributed by atoms with Gasteiger partial charge in [-0.05, 0) is 0 Å². The molecule has 0 saturated carbocycles.